The van der Waals surface area contributed by atoms with E-state index in [1.807, 2.05) is 6.07 Å². The largest absolute Gasteiger partial charge is 0.437 e. The summed E-state index contributed by atoms with van der Waals surface area (Å²) < 4.78 is 95.2. The first-order valence-electron chi connectivity index (χ1n) is 9.77. The average molecular weight is 540 g/mol. The molecule has 0 radical (unpaired) electrons. The van der Waals surface area contributed by atoms with E-state index in [1.54, 1.807) is 0 Å². The lowest BCUT2D eigenvalue weighted by Crippen LogP contribution is -2.51. The second kappa shape index (κ2) is 8.27. The normalized spacial score (nSPS) is 14.7. The van der Waals surface area contributed by atoms with Crippen molar-refractivity contribution in [3.8, 4) is 22.3 Å². The van der Waals surface area contributed by atoms with Crippen molar-refractivity contribution in [2.24, 2.45) is 7.05 Å². The van der Waals surface area contributed by atoms with Gasteiger partial charge < -0.3 is 9.88 Å². The van der Waals surface area contributed by atoms with E-state index in [2.05, 4.69) is 10.4 Å². The summed E-state index contributed by atoms with van der Waals surface area (Å²) in [5, 5.41) is 15.4. The first-order valence-corrected chi connectivity index (χ1v) is 11.0. The number of nitriles is 1. The number of amides is 1. The zero-order valence-corrected chi connectivity index (χ0v) is 19.0. The van der Waals surface area contributed by atoms with E-state index in [9.17, 15) is 40.8 Å². The highest BCUT2D eigenvalue weighted by Gasteiger charge is 2.75. The lowest BCUT2D eigenvalue weighted by molar-refractivity contribution is -0.350. The fourth-order valence-corrected chi connectivity index (χ4v) is 4.69. The number of halogens is 8. The van der Waals surface area contributed by atoms with Gasteiger partial charge in [-0.2, -0.15) is 36.7 Å². The number of alkyl halides is 7. The molecule has 186 valence electrons. The zero-order chi connectivity index (χ0) is 25.9. The Labute approximate surface area is 201 Å². The van der Waals surface area contributed by atoms with Crippen LogP contribution >= 0.6 is 22.9 Å². The number of nitrogens with zero attached hydrogens (tertiary/aromatic N) is 4. The van der Waals surface area contributed by atoms with Gasteiger partial charge in [-0.05, 0) is 25.0 Å². The molecule has 0 spiro atoms. The molecule has 0 bridgehead atoms. The molecular weight excluding hydrogens is 527 g/mol. The Balaban J connectivity index is 1.74. The Morgan fingerprint density at radius 2 is 1.83 bits per heavy atom. The predicted octanol–water partition coefficient (Wildman–Crippen LogP) is 5.65. The second-order valence-corrected chi connectivity index (χ2v) is 9.26. The summed E-state index contributed by atoms with van der Waals surface area (Å²) in [5.41, 5.74) is -7.01. The van der Waals surface area contributed by atoms with Gasteiger partial charge in [0.1, 0.15) is 10.9 Å². The molecule has 1 amide bonds. The standard InChI is InChI=1S/C20H13ClF7N5OS/c1-32-15(18(22,19(23,24)25)20(26,27)28)5-12(21)17(32)33-8-9(7-30-33)13-4-11(14(6-29)35-13)16(34)31-10-2-3-10/h4-5,7-8,10H,2-3H2,1H3,(H,31,34). The quantitative estimate of drug-likeness (QED) is 0.426. The smallest absolute Gasteiger partial charge is 0.349 e. The van der Waals surface area contributed by atoms with Crippen molar-refractivity contribution in [3.05, 3.63) is 45.7 Å². The monoisotopic (exact) mass is 539 g/mol. The summed E-state index contributed by atoms with van der Waals surface area (Å²) >= 11 is 6.87. The van der Waals surface area contributed by atoms with Crippen LogP contribution in [0.3, 0.4) is 0 Å². The molecule has 3 heterocycles. The van der Waals surface area contributed by atoms with Crippen LogP contribution in [0.2, 0.25) is 5.02 Å². The first kappa shape index (κ1) is 25.1. The topological polar surface area (TPSA) is 75.6 Å². The molecule has 0 atom stereocenters. The number of hydrogen-bond acceptors (Lipinski definition) is 4. The lowest BCUT2D eigenvalue weighted by atomic mass is 10.0. The molecule has 0 aromatic carbocycles. The van der Waals surface area contributed by atoms with Crippen LogP contribution in [0.1, 0.15) is 33.8 Å². The van der Waals surface area contributed by atoms with Gasteiger partial charge in [-0.3, -0.25) is 4.79 Å². The summed E-state index contributed by atoms with van der Waals surface area (Å²) in [6.07, 6.45) is -8.51. The van der Waals surface area contributed by atoms with Gasteiger partial charge >= 0.3 is 18.0 Å². The Kier molecular flexibility index (Phi) is 5.92. The van der Waals surface area contributed by atoms with Gasteiger partial charge in [0.15, 0.2) is 5.82 Å². The Morgan fingerprint density at radius 3 is 2.37 bits per heavy atom. The number of rotatable bonds is 5. The number of carbonyl (C=O) groups excluding carboxylic acids is 1. The van der Waals surface area contributed by atoms with Gasteiger partial charge in [0.25, 0.3) is 5.91 Å². The van der Waals surface area contributed by atoms with E-state index >= 15 is 0 Å². The molecule has 0 saturated heterocycles. The second-order valence-electron chi connectivity index (χ2n) is 7.80. The summed E-state index contributed by atoms with van der Waals surface area (Å²) in [7, 11) is 0.795. The van der Waals surface area contributed by atoms with Crippen molar-refractivity contribution >= 4 is 28.8 Å². The number of aromatic nitrogens is 3. The van der Waals surface area contributed by atoms with Gasteiger partial charge in [0.05, 0.1) is 22.5 Å². The molecule has 3 aromatic heterocycles. The average Bonchev–Trinajstić information content (AvgIpc) is 3.15. The van der Waals surface area contributed by atoms with E-state index in [4.69, 9.17) is 11.6 Å². The maximum Gasteiger partial charge on any atom is 0.437 e. The van der Waals surface area contributed by atoms with Crippen molar-refractivity contribution in [1.82, 2.24) is 19.7 Å². The Morgan fingerprint density at radius 1 is 1.20 bits per heavy atom. The summed E-state index contributed by atoms with van der Waals surface area (Å²) in [4.78, 5) is 12.9. The minimum Gasteiger partial charge on any atom is -0.349 e. The number of carbonyl (C=O) groups is 1. The number of nitrogens with one attached hydrogen (secondary N) is 1. The van der Waals surface area contributed by atoms with Crippen LogP contribution in [0.25, 0.3) is 16.3 Å². The third kappa shape index (κ3) is 4.16. The van der Waals surface area contributed by atoms with Gasteiger partial charge in [0, 0.05) is 29.7 Å². The Bertz CT molecular complexity index is 1330. The maximum absolute atomic E-state index is 14.6. The third-order valence-electron chi connectivity index (χ3n) is 5.37. The van der Waals surface area contributed by atoms with Crippen LogP contribution in [0.5, 0.6) is 0 Å². The van der Waals surface area contributed by atoms with Crippen molar-refractivity contribution < 1.29 is 35.5 Å². The molecule has 4 rings (SSSR count). The summed E-state index contributed by atoms with van der Waals surface area (Å²) in [6, 6.07) is 3.64. The van der Waals surface area contributed by atoms with Gasteiger partial charge in [-0.25, -0.2) is 9.07 Å². The molecule has 15 heteroatoms. The first-order chi connectivity index (χ1) is 16.2. The minimum absolute atomic E-state index is 0.0462. The molecule has 6 nitrogen and oxygen atoms in total. The van der Waals surface area contributed by atoms with Crippen LogP contribution in [0.15, 0.2) is 24.5 Å². The van der Waals surface area contributed by atoms with Crippen molar-refractivity contribution in [2.45, 2.75) is 36.9 Å². The van der Waals surface area contributed by atoms with E-state index in [0.29, 0.717) is 15.0 Å². The molecule has 1 N–H and O–H groups in total. The zero-order valence-electron chi connectivity index (χ0n) is 17.4. The highest BCUT2D eigenvalue weighted by atomic mass is 35.5. The van der Waals surface area contributed by atoms with Gasteiger partial charge in [-0.15, -0.1) is 11.3 Å². The van der Waals surface area contributed by atoms with Crippen LogP contribution in [-0.2, 0) is 12.7 Å². The molecule has 0 aliphatic heterocycles. The molecular formula is C20H13ClF7N5OS. The van der Waals surface area contributed by atoms with Crippen molar-refractivity contribution in [3.63, 3.8) is 0 Å². The SMILES string of the molecule is Cn1c(C(F)(C(F)(F)F)C(F)(F)F)cc(Cl)c1-n1cc(-c2cc(C(=O)NC3CC3)c(C#N)s2)cn1. The highest BCUT2D eigenvalue weighted by Crippen LogP contribution is 2.54. The Hall–Kier alpha value is -3.05. The molecule has 3 aromatic rings. The lowest BCUT2D eigenvalue weighted by Gasteiger charge is -2.30. The highest BCUT2D eigenvalue weighted by molar-refractivity contribution is 7.16. The predicted molar refractivity (Wildman–Crippen MR) is 111 cm³/mol. The van der Waals surface area contributed by atoms with Crippen LogP contribution in [0.4, 0.5) is 30.7 Å². The molecule has 1 saturated carbocycles. The maximum atomic E-state index is 14.6. The third-order valence-corrected chi connectivity index (χ3v) is 6.73. The minimum atomic E-state index is -6.31. The number of hydrogen-bond donors (Lipinski definition) is 1. The van der Waals surface area contributed by atoms with E-state index in [0.717, 1.165) is 35.9 Å². The van der Waals surface area contributed by atoms with Crippen molar-refractivity contribution in [2.75, 3.05) is 0 Å². The molecule has 35 heavy (non-hydrogen) atoms. The van der Waals surface area contributed by atoms with Crippen LogP contribution < -0.4 is 5.32 Å². The number of thiophene rings is 1. The van der Waals surface area contributed by atoms with Crippen LogP contribution in [-0.4, -0.2) is 38.6 Å². The molecule has 1 aliphatic rings. The van der Waals surface area contributed by atoms with Gasteiger partial charge in [0.2, 0.25) is 0 Å². The van der Waals surface area contributed by atoms with E-state index in [-0.39, 0.29) is 22.5 Å². The van der Waals surface area contributed by atoms with Crippen LogP contribution in [0, 0.1) is 11.3 Å². The fraction of sp³-hybridized carbons (Fsp3) is 0.350. The van der Waals surface area contributed by atoms with E-state index < -0.39 is 40.5 Å². The van der Waals surface area contributed by atoms with Crippen molar-refractivity contribution in [1.29, 1.82) is 5.26 Å². The van der Waals surface area contributed by atoms with Gasteiger partial charge in [-0.1, -0.05) is 11.6 Å². The molecule has 1 aliphatic carbocycles. The summed E-state index contributed by atoms with van der Waals surface area (Å²) in [5.74, 6) is -0.889. The summed E-state index contributed by atoms with van der Waals surface area (Å²) in [6.45, 7) is 0. The molecule has 1 fully saturated rings. The molecule has 0 unspecified atom stereocenters. The van der Waals surface area contributed by atoms with E-state index in [1.165, 1.54) is 18.5 Å². The fourth-order valence-electron chi connectivity index (χ4n) is 3.44.